The van der Waals surface area contributed by atoms with Crippen LogP contribution in [0.4, 0.5) is 0 Å². The number of carbonyl (C=O) groups is 2. The highest BCUT2D eigenvalue weighted by atomic mass is 16.6. The van der Waals surface area contributed by atoms with Gasteiger partial charge in [-0.1, -0.05) is 13.8 Å². The summed E-state index contributed by atoms with van der Waals surface area (Å²) in [6, 6.07) is 0. The Kier molecular flexibility index (Phi) is 3.31. The minimum atomic E-state index is -0.244. The molecule has 0 aliphatic carbocycles. The number of epoxide rings is 1. The van der Waals surface area contributed by atoms with Gasteiger partial charge in [0.25, 0.3) is 11.8 Å². The zero-order chi connectivity index (χ0) is 12.5. The molecule has 1 saturated heterocycles. The van der Waals surface area contributed by atoms with Crippen LogP contribution < -0.4 is 0 Å². The Labute approximate surface area is 100 Å². The minimum Gasteiger partial charge on any atom is -0.378 e. The second-order valence-corrected chi connectivity index (χ2v) is 5.23. The first kappa shape index (κ1) is 12.3. The van der Waals surface area contributed by atoms with Gasteiger partial charge in [-0.05, 0) is 0 Å². The molecule has 94 valence electrons. The molecular weight excluding hydrogens is 222 g/mol. The molecule has 2 rings (SSSR count). The predicted octanol–water partition coefficient (Wildman–Crippen LogP) is 0.353. The molecule has 0 saturated carbocycles. The monoisotopic (exact) mass is 239 g/mol. The Hall–Kier alpha value is -1.20. The number of hydrogen-bond acceptors (Lipinski definition) is 4. The summed E-state index contributed by atoms with van der Waals surface area (Å²) in [5.74, 6) is -0.484. The Morgan fingerprint density at radius 2 is 2.00 bits per heavy atom. The normalized spacial score (nSPS) is 23.6. The SMILES string of the molecule is CC(C)(COCC1CO1)CN1C(=O)C=CC1=O. The molecule has 0 aromatic heterocycles. The Morgan fingerprint density at radius 3 is 2.53 bits per heavy atom. The molecule has 0 aromatic carbocycles. The zero-order valence-corrected chi connectivity index (χ0v) is 10.1. The zero-order valence-electron chi connectivity index (χ0n) is 10.1. The summed E-state index contributed by atoms with van der Waals surface area (Å²) < 4.78 is 10.5. The molecule has 17 heavy (non-hydrogen) atoms. The van der Waals surface area contributed by atoms with Crippen molar-refractivity contribution in [3.05, 3.63) is 12.2 Å². The molecular formula is C12H17NO4. The van der Waals surface area contributed by atoms with E-state index in [1.165, 1.54) is 17.1 Å². The van der Waals surface area contributed by atoms with E-state index >= 15 is 0 Å². The van der Waals surface area contributed by atoms with Crippen LogP contribution in [0.3, 0.4) is 0 Å². The highest BCUT2D eigenvalue weighted by molar-refractivity contribution is 6.12. The molecule has 1 unspecified atom stereocenters. The van der Waals surface area contributed by atoms with Crippen molar-refractivity contribution in [3.63, 3.8) is 0 Å². The molecule has 5 nitrogen and oxygen atoms in total. The van der Waals surface area contributed by atoms with Gasteiger partial charge in [-0.25, -0.2) is 0 Å². The molecule has 2 aliphatic heterocycles. The summed E-state index contributed by atoms with van der Waals surface area (Å²) in [5.41, 5.74) is -0.244. The molecule has 0 radical (unpaired) electrons. The average Bonchev–Trinajstić information content (AvgIpc) is 3.01. The average molecular weight is 239 g/mol. The number of carbonyl (C=O) groups excluding carboxylic acids is 2. The van der Waals surface area contributed by atoms with E-state index in [0.717, 1.165) is 6.61 Å². The van der Waals surface area contributed by atoms with Gasteiger partial charge in [-0.2, -0.15) is 0 Å². The number of hydrogen-bond donors (Lipinski definition) is 0. The van der Waals surface area contributed by atoms with Crippen LogP contribution >= 0.6 is 0 Å². The number of rotatable bonds is 6. The smallest absolute Gasteiger partial charge is 0.253 e. The van der Waals surface area contributed by atoms with Gasteiger partial charge in [0.1, 0.15) is 6.10 Å². The van der Waals surface area contributed by atoms with Gasteiger partial charge in [0.15, 0.2) is 0 Å². The van der Waals surface area contributed by atoms with Crippen molar-refractivity contribution >= 4 is 11.8 Å². The number of ether oxygens (including phenoxy) is 2. The van der Waals surface area contributed by atoms with Gasteiger partial charge in [0, 0.05) is 24.1 Å². The lowest BCUT2D eigenvalue weighted by atomic mass is 9.94. The van der Waals surface area contributed by atoms with E-state index < -0.39 is 0 Å². The van der Waals surface area contributed by atoms with Crippen molar-refractivity contribution in [2.75, 3.05) is 26.4 Å². The first-order valence-electron chi connectivity index (χ1n) is 5.71. The summed E-state index contributed by atoms with van der Waals surface area (Å²) in [6.45, 7) is 6.18. The van der Waals surface area contributed by atoms with Crippen LogP contribution in [0, 0.1) is 5.41 Å². The van der Waals surface area contributed by atoms with Crippen molar-refractivity contribution in [1.82, 2.24) is 4.90 Å². The van der Waals surface area contributed by atoms with Gasteiger partial charge in [0.05, 0.1) is 19.8 Å². The van der Waals surface area contributed by atoms with E-state index in [9.17, 15) is 9.59 Å². The van der Waals surface area contributed by atoms with Crippen LogP contribution in [0.2, 0.25) is 0 Å². The predicted molar refractivity (Wildman–Crippen MR) is 60.2 cm³/mol. The largest absolute Gasteiger partial charge is 0.378 e. The summed E-state index contributed by atoms with van der Waals surface area (Å²) in [4.78, 5) is 24.1. The van der Waals surface area contributed by atoms with Gasteiger partial charge in [0.2, 0.25) is 0 Å². The summed E-state index contributed by atoms with van der Waals surface area (Å²) in [6.07, 6.45) is 2.84. The highest BCUT2D eigenvalue weighted by Gasteiger charge is 2.31. The van der Waals surface area contributed by atoms with Gasteiger partial charge >= 0.3 is 0 Å². The maximum absolute atomic E-state index is 11.4. The van der Waals surface area contributed by atoms with Crippen LogP contribution in [0.25, 0.3) is 0 Å². The Bertz CT molecular complexity index is 340. The van der Waals surface area contributed by atoms with Crippen molar-refractivity contribution in [3.8, 4) is 0 Å². The van der Waals surface area contributed by atoms with Crippen LogP contribution in [0.15, 0.2) is 12.2 Å². The standard InChI is InChI=1S/C12H17NO4/c1-12(2,8-16-5-9-6-17-9)7-13-10(14)3-4-11(13)15/h3-4,9H,5-8H2,1-2H3. The van der Waals surface area contributed by atoms with E-state index in [2.05, 4.69) is 0 Å². The number of amides is 2. The van der Waals surface area contributed by atoms with E-state index in [4.69, 9.17) is 9.47 Å². The molecule has 0 aromatic rings. The van der Waals surface area contributed by atoms with Crippen molar-refractivity contribution in [2.45, 2.75) is 20.0 Å². The molecule has 1 fully saturated rings. The lowest BCUT2D eigenvalue weighted by Gasteiger charge is -2.28. The highest BCUT2D eigenvalue weighted by Crippen LogP contribution is 2.21. The number of imide groups is 1. The molecule has 0 bridgehead atoms. The number of nitrogens with zero attached hydrogens (tertiary/aromatic N) is 1. The second-order valence-electron chi connectivity index (χ2n) is 5.23. The van der Waals surface area contributed by atoms with Gasteiger partial charge in [-0.3, -0.25) is 14.5 Å². The second kappa shape index (κ2) is 4.58. The van der Waals surface area contributed by atoms with Gasteiger partial charge in [-0.15, -0.1) is 0 Å². The molecule has 2 heterocycles. The first-order chi connectivity index (χ1) is 7.98. The van der Waals surface area contributed by atoms with Crippen molar-refractivity contribution in [2.24, 2.45) is 5.41 Å². The molecule has 1 atom stereocenters. The lowest BCUT2D eigenvalue weighted by Crippen LogP contribution is -2.40. The molecule has 0 spiro atoms. The maximum Gasteiger partial charge on any atom is 0.253 e. The van der Waals surface area contributed by atoms with E-state index in [1.807, 2.05) is 13.8 Å². The fraction of sp³-hybridized carbons (Fsp3) is 0.667. The summed E-state index contributed by atoms with van der Waals surface area (Å²) >= 11 is 0. The fourth-order valence-electron chi connectivity index (χ4n) is 1.69. The molecule has 2 aliphatic rings. The molecule has 5 heteroatoms. The van der Waals surface area contributed by atoms with E-state index in [1.54, 1.807) is 0 Å². The summed E-state index contributed by atoms with van der Waals surface area (Å²) in [5, 5.41) is 0. The molecule has 0 N–H and O–H groups in total. The lowest BCUT2D eigenvalue weighted by molar-refractivity contribution is -0.139. The maximum atomic E-state index is 11.4. The van der Waals surface area contributed by atoms with E-state index in [0.29, 0.717) is 19.8 Å². The van der Waals surface area contributed by atoms with Gasteiger partial charge < -0.3 is 9.47 Å². The first-order valence-corrected chi connectivity index (χ1v) is 5.71. The van der Waals surface area contributed by atoms with E-state index in [-0.39, 0.29) is 23.3 Å². The minimum absolute atomic E-state index is 0.238. The van der Waals surface area contributed by atoms with Crippen LogP contribution in [0.1, 0.15) is 13.8 Å². The Morgan fingerprint density at radius 1 is 1.41 bits per heavy atom. The third-order valence-corrected chi connectivity index (χ3v) is 2.69. The third kappa shape index (κ3) is 3.38. The third-order valence-electron chi connectivity index (χ3n) is 2.69. The van der Waals surface area contributed by atoms with Crippen LogP contribution in [-0.4, -0.2) is 49.2 Å². The van der Waals surface area contributed by atoms with Crippen molar-refractivity contribution < 1.29 is 19.1 Å². The topological polar surface area (TPSA) is 59.1 Å². The quantitative estimate of drug-likeness (QED) is 0.496. The Balaban J connectivity index is 1.78. The fourth-order valence-corrected chi connectivity index (χ4v) is 1.69. The van der Waals surface area contributed by atoms with Crippen molar-refractivity contribution in [1.29, 1.82) is 0 Å². The van der Waals surface area contributed by atoms with Crippen LogP contribution in [0.5, 0.6) is 0 Å². The summed E-state index contributed by atoms with van der Waals surface area (Å²) in [7, 11) is 0. The molecule has 2 amide bonds. The van der Waals surface area contributed by atoms with Crippen LogP contribution in [-0.2, 0) is 19.1 Å².